The third-order valence-electron chi connectivity index (χ3n) is 3.73. The fourth-order valence-electron chi connectivity index (χ4n) is 2.76. The van der Waals surface area contributed by atoms with Crippen LogP contribution in [0.4, 0.5) is 5.69 Å². The molecule has 0 amide bonds. The van der Waals surface area contributed by atoms with Crippen LogP contribution in [0.15, 0.2) is 18.2 Å². The van der Waals surface area contributed by atoms with Gasteiger partial charge in [-0.3, -0.25) is 0 Å². The van der Waals surface area contributed by atoms with Crippen molar-refractivity contribution in [2.75, 3.05) is 32.2 Å². The Morgan fingerprint density at radius 2 is 2.16 bits per heavy atom. The molecule has 1 saturated heterocycles. The van der Waals surface area contributed by atoms with Crippen LogP contribution in [-0.4, -0.2) is 38.5 Å². The van der Waals surface area contributed by atoms with Gasteiger partial charge in [0.25, 0.3) is 0 Å². The maximum Gasteiger partial charge on any atom is 0.126 e. The highest BCUT2D eigenvalue weighted by Crippen LogP contribution is 2.35. The molecule has 19 heavy (non-hydrogen) atoms. The summed E-state index contributed by atoms with van der Waals surface area (Å²) in [7, 11) is 3.40. The van der Waals surface area contributed by atoms with Crippen molar-refractivity contribution in [3.8, 4) is 5.75 Å². The molecule has 4 heteroatoms. The van der Waals surface area contributed by atoms with E-state index in [1.807, 2.05) is 18.2 Å². The summed E-state index contributed by atoms with van der Waals surface area (Å²) in [6.45, 7) is 3.63. The first kappa shape index (κ1) is 14.2. The Labute approximate surface area is 114 Å². The molecule has 1 aliphatic rings. The largest absolute Gasteiger partial charge is 0.496 e. The summed E-state index contributed by atoms with van der Waals surface area (Å²) < 4.78 is 10.8. The van der Waals surface area contributed by atoms with E-state index in [4.69, 9.17) is 9.47 Å². The van der Waals surface area contributed by atoms with Crippen LogP contribution in [0.2, 0.25) is 0 Å². The molecule has 0 saturated carbocycles. The minimum atomic E-state index is -0.547. The first-order valence-corrected chi connectivity index (χ1v) is 6.80. The molecule has 0 radical (unpaired) electrons. The van der Waals surface area contributed by atoms with Crippen molar-refractivity contribution >= 4 is 5.69 Å². The Hall–Kier alpha value is -1.26. The molecular formula is C15H23NO3. The van der Waals surface area contributed by atoms with Crippen molar-refractivity contribution in [1.82, 2.24) is 0 Å². The van der Waals surface area contributed by atoms with E-state index in [9.17, 15) is 5.11 Å². The number of hydrogen-bond acceptors (Lipinski definition) is 4. The number of methoxy groups -OCH3 is 2. The molecule has 106 valence electrons. The normalized spacial score (nSPS) is 21.3. The van der Waals surface area contributed by atoms with Crippen LogP contribution in [0.25, 0.3) is 0 Å². The van der Waals surface area contributed by atoms with Gasteiger partial charge in [-0.25, -0.2) is 0 Å². The van der Waals surface area contributed by atoms with Crippen molar-refractivity contribution in [3.63, 3.8) is 0 Å². The summed E-state index contributed by atoms with van der Waals surface area (Å²) in [5.41, 5.74) is 1.91. The lowest BCUT2D eigenvalue weighted by Gasteiger charge is -2.35. The van der Waals surface area contributed by atoms with E-state index < -0.39 is 6.10 Å². The molecule has 2 rings (SSSR count). The molecule has 1 aromatic carbocycles. The second-order valence-electron chi connectivity index (χ2n) is 5.02. The van der Waals surface area contributed by atoms with Gasteiger partial charge in [0.05, 0.1) is 19.3 Å². The summed E-state index contributed by atoms with van der Waals surface area (Å²) in [6.07, 6.45) is 1.92. The predicted octanol–water partition coefficient (Wildman–Crippen LogP) is 2.36. The second kappa shape index (κ2) is 6.26. The molecule has 0 bridgehead atoms. The molecule has 1 aromatic rings. The van der Waals surface area contributed by atoms with Gasteiger partial charge in [0, 0.05) is 31.5 Å². The summed E-state index contributed by atoms with van der Waals surface area (Å²) in [5.74, 6) is 0.743. The Bertz CT molecular complexity index is 420. The van der Waals surface area contributed by atoms with Gasteiger partial charge in [-0.05, 0) is 31.9 Å². The number of piperidine rings is 1. The molecule has 4 nitrogen and oxygen atoms in total. The lowest BCUT2D eigenvalue weighted by molar-refractivity contribution is 0.0890. The first-order valence-electron chi connectivity index (χ1n) is 6.80. The molecule has 0 aliphatic carbocycles. The standard InChI is InChI=1S/C15H23NO3/c1-11(17)15-13(7-4-8-14(15)19-3)16-9-5-6-12(10-16)18-2/h4,7-8,11-12,17H,5-6,9-10H2,1-3H3/t11-,12?/m1/s1. The van der Waals surface area contributed by atoms with Crippen molar-refractivity contribution in [2.45, 2.75) is 32.0 Å². The maximum absolute atomic E-state index is 10.0. The van der Waals surface area contributed by atoms with Crippen molar-refractivity contribution in [1.29, 1.82) is 0 Å². The van der Waals surface area contributed by atoms with Crippen LogP contribution in [0, 0.1) is 0 Å². The molecule has 1 fully saturated rings. The molecule has 1 aliphatic heterocycles. The number of aliphatic hydroxyl groups is 1. The minimum Gasteiger partial charge on any atom is -0.496 e. The van der Waals surface area contributed by atoms with Gasteiger partial charge >= 0.3 is 0 Å². The predicted molar refractivity (Wildman–Crippen MR) is 75.9 cm³/mol. The number of hydrogen-bond donors (Lipinski definition) is 1. The van der Waals surface area contributed by atoms with Crippen LogP contribution in [0.1, 0.15) is 31.4 Å². The SMILES string of the molecule is COc1cccc(N2CCCC(OC)C2)c1[C@@H](C)O. The molecule has 2 atom stereocenters. The fourth-order valence-corrected chi connectivity index (χ4v) is 2.76. The lowest BCUT2D eigenvalue weighted by atomic mass is 10.0. The van der Waals surface area contributed by atoms with E-state index in [1.165, 1.54) is 0 Å². The van der Waals surface area contributed by atoms with Gasteiger partial charge in [0.2, 0.25) is 0 Å². The summed E-state index contributed by atoms with van der Waals surface area (Å²) in [6, 6.07) is 5.91. The molecule has 0 aromatic heterocycles. The van der Waals surface area contributed by atoms with Gasteiger partial charge in [-0.2, -0.15) is 0 Å². The van der Waals surface area contributed by atoms with Crippen LogP contribution < -0.4 is 9.64 Å². The zero-order valence-electron chi connectivity index (χ0n) is 11.9. The van der Waals surface area contributed by atoms with Crippen molar-refractivity contribution in [3.05, 3.63) is 23.8 Å². The zero-order valence-corrected chi connectivity index (χ0v) is 11.9. The Morgan fingerprint density at radius 1 is 1.37 bits per heavy atom. The first-order chi connectivity index (χ1) is 9.17. The number of rotatable bonds is 4. The van der Waals surface area contributed by atoms with Crippen LogP contribution >= 0.6 is 0 Å². The Kier molecular flexibility index (Phi) is 4.66. The van der Waals surface area contributed by atoms with Gasteiger partial charge in [0.1, 0.15) is 5.75 Å². The fraction of sp³-hybridized carbons (Fsp3) is 0.600. The van der Waals surface area contributed by atoms with Gasteiger partial charge in [-0.15, -0.1) is 0 Å². The lowest BCUT2D eigenvalue weighted by Crippen LogP contribution is -2.39. The van der Waals surface area contributed by atoms with E-state index in [2.05, 4.69) is 4.90 Å². The maximum atomic E-state index is 10.0. The van der Waals surface area contributed by atoms with E-state index >= 15 is 0 Å². The Morgan fingerprint density at radius 3 is 2.79 bits per heavy atom. The summed E-state index contributed by atoms with van der Waals surface area (Å²) in [4.78, 5) is 2.28. The highest BCUT2D eigenvalue weighted by Gasteiger charge is 2.24. The third-order valence-corrected chi connectivity index (χ3v) is 3.73. The second-order valence-corrected chi connectivity index (χ2v) is 5.02. The van der Waals surface area contributed by atoms with E-state index in [-0.39, 0.29) is 6.10 Å². The zero-order chi connectivity index (χ0) is 13.8. The average molecular weight is 265 g/mol. The van der Waals surface area contributed by atoms with Gasteiger partial charge < -0.3 is 19.5 Å². The number of aliphatic hydroxyl groups excluding tert-OH is 1. The number of anilines is 1. The highest BCUT2D eigenvalue weighted by atomic mass is 16.5. The van der Waals surface area contributed by atoms with Crippen LogP contribution in [0.5, 0.6) is 5.75 Å². The van der Waals surface area contributed by atoms with E-state index in [0.717, 1.165) is 42.9 Å². The highest BCUT2D eigenvalue weighted by molar-refractivity contribution is 5.60. The van der Waals surface area contributed by atoms with Crippen molar-refractivity contribution < 1.29 is 14.6 Å². The number of ether oxygens (including phenoxy) is 2. The third kappa shape index (κ3) is 3.01. The molecular weight excluding hydrogens is 242 g/mol. The van der Waals surface area contributed by atoms with E-state index in [0.29, 0.717) is 0 Å². The van der Waals surface area contributed by atoms with Crippen LogP contribution in [0.3, 0.4) is 0 Å². The van der Waals surface area contributed by atoms with E-state index in [1.54, 1.807) is 21.1 Å². The topological polar surface area (TPSA) is 41.9 Å². The quantitative estimate of drug-likeness (QED) is 0.907. The molecule has 1 heterocycles. The molecule has 1 unspecified atom stereocenters. The monoisotopic (exact) mass is 265 g/mol. The van der Waals surface area contributed by atoms with Crippen LogP contribution in [-0.2, 0) is 4.74 Å². The van der Waals surface area contributed by atoms with Gasteiger partial charge in [-0.1, -0.05) is 6.07 Å². The van der Waals surface area contributed by atoms with Gasteiger partial charge in [0.15, 0.2) is 0 Å². The van der Waals surface area contributed by atoms with Crippen molar-refractivity contribution in [2.24, 2.45) is 0 Å². The molecule has 1 N–H and O–H groups in total. The Balaban J connectivity index is 2.33. The summed E-state index contributed by atoms with van der Waals surface area (Å²) >= 11 is 0. The summed E-state index contributed by atoms with van der Waals surface area (Å²) in [5, 5.41) is 10.0. The molecule has 0 spiro atoms. The minimum absolute atomic E-state index is 0.266. The number of benzene rings is 1. The smallest absolute Gasteiger partial charge is 0.126 e. The average Bonchev–Trinajstić information content (AvgIpc) is 2.46. The number of nitrogens with zero attached hydrogens (tertiary/aromatic N) is 1.